The molecule has 0 heterocycles. The lowest BCUT2D eigenvalue weighted by molar-refractivity contribution is 0.233. The summed E-state index contributed by atoms with van der Waals surface area (Å²) in [6.45, 7) is 0.686. The first-order chi connectivity index (χ1) is 12.2. The molecule has 0 bridgehead atoms. The van der Waals surface area contributed by atoms with Crippen molar-refractivity contribution in [1.29, 1.82) is 0 Å². The van der Waals surface area contributed by atoms with Crippen LogP contribution < -0.4 is 0 Å². The second kappa shape index (κ2) is 8.39. The molecule has 25 heavy (non-hydrogen) atoms. The van der Waals surface area contributed by atoms with E-state index in [1.54, 1.807) is 13.2 Å². The first kappa shape index (κ1) is 17.8. The Morgan fingerprint density at radius 1 is 0.920 bits per heavy atom. The van der Waals surface area contributed by atoms with Crippen LogP contribution in [0.3, 0.4) is 0 Å². The maximum absolute atomic E-state index is 13.4. The summed E-state index contributed by atoms with van der Waals surface area (Å²) in [5, 5.41) is 0. The summed E-state index contributed by atoms with van der Waals surface area (Å²) in [4.78, 5) is 0. The molecule has 0 saturated heterocycles. The molecule has 1 aliphatic rings. The van der Waals surface area contributed by atoms with Crippen LogP contribution in [-0.2, 0) is 4.74 Å². The van der Waals surface area contributed by atoms with Gasteiger partial charge >= 0.3 is 0 Å². The molecular weight excluding hydrogens is 318 g/mol. The summed E-state index contributed by atoms with van der Waals surface area (Å²) in [6, 6.07) is 12.3. The van der Waals surface area contributed by atoms with E-state index in [1.165, 1.54) is 43.4 Å². The zero-order valence-electron chi connectivity index (χ0n) is 14.6. The van der Waals surface area contributed by atoms with Crippen LogP contribution in [0.25, 0.3) is 11.1 Å². The van der Waals surface area contributed by atoms with Crippen molar-refractivity contribution in [3.8, 4) is 11.1 Å². The van der Waals surface area contributed by atoms with E-state index < -0.39 is 11.6 Å². The molecule has 0 atom stereocenters. The number of benzene rings is 2. The average Bonchev–Trinajstić information content (AvgIpc) is 2.65. The molecule has 0 aromatic heterocycles. The third-order valence-electron chi connectivity index (χ3n) is 5.08. The van der Waals surface area contributed by atoms with E-state index in [1.807, 2.05) is 12.1 Å². The summed E-state index contributed by atoms with van der Waals surface area (Å²) in [5.41, 5.74) is 2.96. The second-order valence-electron chi connectivity index (χ2n) is 6.75. The third-order valence-corrected chi connectivity index (χ3v) is 5.08. The number of hydrogen-bond donors (Lipinski definition) is 0. The van der Waals surface area contributed by atoms with Crippen molar-refractivity contribution in [2.75, 3.05) is 13.7 Å². The number of allylic oxidation sites excluding steroid dienone is 1. The lowest BCUT2D eigenvalue weighted by Gasteiger charge is -2.27. The van der Waals surface area contributed by atoms with Crippen LogP contribution in [0.5, 0.6) is 0 Å². The molecule has 1 saturated carbocycles. The van der Waals surface area contributed by atoms with Gasteiger partial charge in [0.15, 0.2) is 11.6 Å². The number of rotatable bonds is 5. The minimum atomic E-state index is -0.809. The minimum Gasteiger partial charge on any atom is -0.381 e. The van der Waals surface area contributed by atoms with E-state index in [2.05, 4.69) is 24.3 Å². The van der Waals surface area contributed by atoms with Gasteiger partial charge in [0.25, 0.3) is 0 Å². The Bertz CT molecular complexity index is 713. The molecule has 1 nitrogen and oxygen atoms in total. The fourth-order valence-electron chi connectivity index (χ4n) is 3.61. The van der Waals surface area contributed by atoms with E-state index in [4.69, 9.17) is 4.74 Å². The Morgan fingerprint density at radius 2 is 1.60 bits per heavy atom. The lowest BCUT2D eigenvalue weighted by Crippen LogP contribution is -2.11. The van der Waals surface area contributed by atoms with Gasteiger partial charge in [-0.3, -0.25) is 0 Å². The summed E-state index contributed by atoms with van der Waals surface area (Å²) in [6.07, 6.45) is 9.18. The van der Waals surface area contributed by atoms with Gasteiger partial charge in [0, 0.05) is 7.11 Å². The Labute approximate surface area is 148 Å². The Morgan fingerprint density at radius 3 is 2.24 bits per heavy atom. The van der Waals surface area contributed by atoms with E-state index in [9.17, 15) is 8.78 Å². The van der Waals surface area contributed by atoms with E-state index in [0.717, 1.165) is 5.56 Å². The smallest absolute Gasteiger partial charge is 0.159 e. The number of halogens is 2. The average molecular weight is 342 g/mol. The van der Waals surface area contributed by atoms with Crippen LogP contribution in [0.1, 0.15) is 37.2 Å². The van der Waals surface area contributed by atoms with Gasteiger partial charge in [0.05, 0.1) is 6.61 Å². The monoisotopic (exact) mass is 342 g/mol. The summed E-state index contributed by atoms with van der Waals surface area (Å²) in [7, 11) is 1.71. The molecule has 132 valence electrons. The fraction of sp³-hybridized carbons (Fsp3) is 0.364. The molecule has 0 amide bonds. The SMILES string of the molecule is COCC=CC1CCC(c2ccc(-c3ccc(F)c(F)c3)cc2)CC1. The maximum atomic E-state index is 13.4. The van der Waals surface area contributed by atoms with Crippen LogP contribution in [0.15, 0.2) is 54.6 Å². The van der Waals surface area contributed by atoms with Crippen LogP contribution >= 0.6 is 0 Å². The van der Waals surface area contributed by atoms with Gasteiger partial charge < -0.3 is 4.74 Å². The Balaban J connectivity index is 1.62. The van der Waals surface area contributed by atoms with Crippen LogP contribution in [0, 0.1) is 17.6 Å². The van der Waals surface area contributed by atoms with Gasteiger partial charge in [-0.15, -0.1) is 0 Å². The van der Waals surface area contributed by atoms with Gasteiger partial charge in [-0.2, -0.15) is 0 Å². The van der Waals surface area contributed by atoms with Crippen molar-refractivity contribution in [2.24, 2.45) is 5.92 Å². The molecule has 0 spiro atoms. The van der Waals surface area contributed by atoms with Gasteiger partial charge in [0.1, 0.15) is 0 Å². The summed E-state index contributed by atoms with van der Waals surface area (Å²) in [5.74, 6) is -0.364. The molecule has 1 aliphatic carbocycles. The van der Waals surface area contributed by atoms with Crippen molar-refractivity contribution < 1.29 is 13.5 Å². The molecule has 0 radical (unpaired) electrons. The number of methoxy groups -OCH3 is 1. The lowest BCUT2D eigenvalue weighted by atomic mass is 9.78. The molecule has 0 aliphatic heterocycles. The second-order valence-corrected chi connectivity index (χ2v) is 6.75. The van der Waals surface area contributed by atoms with Crippen LogP contribution in [0.4, 0.5) is 8.78 Å². The van der Waals surface area contributed by atoms with E-state index >= 15 is 0 Å². The molecule has 0 unspecified atom stereocenters. The van der Waals surface area contributed by atoms with Gasteiger partial charge in [-0.25, -0.2) is 8.78 Å². The van der Waals surface area contributed by atoms with E-state index in [0.29, 0.717) is 24.0 Å². The highest BCUT2D eigenvalue weighted by molar-refractivity contribution is 5.63. The molecular formula is C22H24F2O. The standard InChI is InChI=1S/C22H24F2O/c1-25-14-2-3-16-4-6-17(7-5-16)18-8-10-19(11-9-18)20-12-13-21(23)22(24)15-20/h2-3,8-13,15-17H,4-7,14H2,1H3. The Kier molecular flexibility index (Phi) is 5.98. The van der Waals surface area contributed by atoms with Crippen molar-refractivity contribution in [3.63, 3.8) is 0 Å². The van der Waals surface area contributed by atoms with Crippen LogP contribution in [0.2, 0.25) is 0 Å². The van der Waals surface area contributed by atoms with Crippen molar-refractivity contribution in [3.05, 3.63) is 71.8 Å². The fourth-order valence-corrected chi connectivity index (χ4v) is 3.61. The van der Waals surface area contributed by atoms with Crippen LogP contribution in [-0.4, -0.2) is 13.7 Å². The first-order valence-corrected chi connectivity index (χ1v) is 8.88. The van der Waals surface area contributed by atoms with Crippen molar-refractivity contribution in [2.45, 2.75) is 31.6 Å². The first-order valence-electron chi connectivity index (χ1n) is 8.88. The summed E-state index contributed by atoms with van der Waals surface area (Å²) >= 11 is 0. The highest BCUT2D eigenvalue weighted by atomic mass is 19.2. The molecule has 3 rings (SSSR count). The maximum Gasteiger partial charge on any atom is 0.159 e. The van der Waals surface area contributed by atoms with Gasteiger partial charge in [0.2, 0.25) is 0 Å². The zero-order chi connectivity index (χ0) is 17.6. The normalized spacial score (nSPS) is 20.9. The topological polar surface area (TPSA) is 9.23 Å². The highest BCUT2D eigenvalue weighted by Gasteiger charge is 2.20. The third kappa shape index (κ3) is 4.55. The predicted molar refractivity (Wildman–Crippen MR) is 97.5 cm³/mol. The number of hydrogen-bond acceptors (Lipinski definition) is 1. The van der Waals surface area contributed by atoms with Crippen molar-refractivity contribution >= 4 is 0 Å². The van der Waals surface area contributed by atoms with Gasteiger partial charge in [-0.1, -0.05) is 42.5 Å². The summed E-state index contributed by atoms with van der Waals surface area (Å²) < 4.78 is 31.5. The molecule has 2 aromatic carbocycles. The Hall–Kier alpha value is -2.00. The molecule has 0 N–H and O–H groups in total. The molecule has 3 heteroatoms. The van der Waals surface area contributed by atoms with Crippen molar-refractivity contribution in [1.82, 2.24) is 0 Å². The molecule has 2 aromatic rings. The predicted octanol–water partition coefficient (Wildman–Crippen LogP) is 6.11. The molecule has 1 fully saturated rings. The van der Waals surface area contributed by atoms with Gasteiger partial charge in [-0.05, 0) is 66.3 Å². The number of ether oxygens (including phenoxy) is 1. The quantitative estimate of drug-likeness (QED) is 0.596. The zero-order valence-corrected chi connectivity index (χ0v) is 14.6. The minimum absolute atomic E-state index is 0.589. The highest BCUT2D eigenvalue weighted by Crippen LogP contribution is 2.37. The van der Waals surface area contributed by atoms with E-state index in [-0.39, 0.29) is 0 Å². The largest absolute Gasteiger partial charge is 0.381 e.